The SMILES string of the molecule is Cc1ccccc1OC(C)CN=C(N(C)C)N(C)C. The minimum Gasteiger partial charge on any atom is -0.489 e. The molecule has 1 atom stereocenters. The molecule has 19 heavy (non-hydrogen) atoms. The molecule has 1 unspecified atom stereocenters. The minimum absolute atomic E-state index is 0.0519. The van der Waals surface area contributed by atoms with Gasteiger partial charge in [-0.15, -0.1) is 0 Å². The van der Waals surface area contributed by atoms with Crippen LogP contribution in [0, 0.1) is 6.92 Å². The second-order valence-electron chi connectivity index (χ2n) is 5.12. The third-order valence-electron chi connectivity index (χ3n) is 2.71. The average Bonchev–Trinajstić information content (AvgIpc) is 2.31. The third-order valence-corrected chi connectivity index (χ3v) is 2.71. The molecule has 4 nitrogen and oxygen atoms in total. The van der Waals surface area contributed by atoms with Crippen LogP contribution in [-0.4, -0.2) is 56.6 Å². The average molecular weight is 263 g/mol. The van der Waals surface area contributed by atoms with Crippen molar-refractivity contribution in [3.05, 3.63) is 29.8 Å². The van der Waals surface area contributed by atoms with E-state index in [4.69, 9.17) is 4.74 Å². The Bertz CT molecular complexity index is 417. The fourth-order valence-corrected chi connectivity index (χ4v) is 1.84. The van der Waals surface area contributed by atoms with Crippen LogP contribution in [0.3, 0.4) is 0 Å². The summed E-state index contributed by atoms with van der Waals surface area (Å²) in [7, 11) is 7.97. The molecule has 106 valence electrons. The Labute approximate surface area is 116 Å². The van der Waals surface area contributed by atoms with Crippen LogP contribution in [0.2, 0.25) is 0 Å². The maximum atomic E-state index is 5.91. The monoisotopic (exact) mass is 263 g/mol. The van der Waals surface area contributed by atoms with Crippen LogP contribution in [0.25, 0.3) is 0 Å². The number of hydrogen-bond acceptors (Lipinski definition) is 2. The lowest BCUT2D eigenvalue weighted by Gasteiger charge is -2.23. The molecule has 0 radical (unpaired) electrons. The summed E-state index contributed by atoms with van der Waals surface area (Å²) in [6.45, 7) is 4.73. The normalized spacial score (nSPS) is 11.7. The van der Waals surface area contributed by atoms with E-state index in [1.807, 2.05) is 63.1 Å². The maximum absolute atomic E-state index is 5.91. The Kier molecular flexibility index (Phi) is 5.67. The van der Waals surface area contributed by atoms with Crippen molar-refractivity contribution < 1.29 is 4.74 Å². The summed E-state index contributed by atoms with van der Waals surface area (Å²) in [5.41, 5.74) is 1.15. The van der Waals surface area contributed by atoms with Crippen molar-refractivity contribution in [2.24, 2.45) is 4.99 Å². The Morgan fingerprint density at radius 2 is 1.74 bits per heavy atom. The molecule has 0 amide bonds. The molecule has 0 fully saturated rings. The lowest BCUT2D eigenvalue weighted by atomic mass is 10.2. The smallest absolute Gasteiger partial charge is 0.195 e. The summed E-state index contributed by atoms with van der Waals surface area (Å²) in [5.74, 6) is 1.88. The van der Waals surface area contributed by atoms with E-state index in [0.29, 0.717) is 6.54 Å². The Morgan fingerprint density at radius 3 is 2.26 bits per heavy atom. The van der Waals surface area contributed by atoms with Gasteiger partial charge in [-0.05, 0) is 25.5 Å². The Hall–Kier alpha value is -1.71. The number of para-hydroxylation sites is 1. The van der Waals surface area contributed by atoms with Gasteiger partial charge in [-0.3, -0.25) is 0 Å². The van der Waals surface area contributed by atoms with E-state index in [1.165, 1.54) is 0 Å². The molecule has 0 saturated heterocycles. The molecule has 0 aliphatic carbocycles. The molecular formula is C15H25N3O. The predicted molar refractivity (Wildman–Crippen MR) is 80.9 cm³/mol. The van der Waals surface area contributed by atoms with E-state index in [0.717, 1.165) is 17.3 Å². The van der Waals surface area contributed by atoms with E-state index in [-0.39, 0.29) is 6.10 Å². The number of ether oxygens (including phenoxy) is 1. The van der Waals surface area contributed by atoms with Crippen molar-refractivity contribution in [3.63, 3.8) is 0 Å². The minimum atomic E-state index is 0.0519. The van der Waals surface area contributed by atoms with E-state index in [1.54, 1.807) is 0 Å². The molecular weight excluding hydrogens is 238 g/mol. The largest absolute Gasteiger partial charge is 0.489 e. The van der Waals surface area contributed by atoms with Crippen molar-refractivity contribution in [1.29, 1.82) is 0 Å². The fraction of sp³-hybridized carbons (Fsp3) is 0.533. The highest BCUT2D eigenvalue weighted by Crippen LogP contribution is 2.17. The van der Waals surface area contributed by atoms with Crippen molar-refractivity contribution in [1.82, 2.24) is 9.80 Å². The Balaban J connectivity index is 2.63. The first-order chi connectivity index (χ1) is 8.91. The first-order valence-corrected chi connectivity index (χ1v) is 6.53. The molecule has 0 heterocycles. The predicted octanol–water partition coefficient (Wildman–Crippen LogP) is 2.24. The summed E-state index contributed by atoms with van der Waals surface area (Å²) in [4.78, 5) is 8.59. The molecule has 1 aromatic rings. The van der Waals surface area contributed by atoms with Crippen LogP contribution in [0.4, 0.5) is 0 Å². The van der Waals surface area contributed by atoms with E-state index in [9.17, 15) is 0 Å². The van der Waals surface area contributed by atoms with Gasteiger partial charge >= 0.3 is 0 Å². The molecule has 1 rings (SSSR count). The van der Waals surface area contributed by atoms with Crippen LogP contribution in [0.15, 0.2) is 29.3 Å². The van der Waals surface area contributed by atoms with Crippen LogP contribution >= 0.6 is 0 Å². The second-order valence-corrected chi connectivity index (χ2v) is 5.12. The molecule has 4 heteroatoms. The summed E-state index contributed by atoms with van der Waals surface area (Å²) >= 11 is 0. The zero-order chi connectivity index (χ0) is 14.4. The van der Waals surface area contributed by atoms with Gasteiger partial charge in [0.2, 0.25) is 0 Å². The number of rotatable bonds is 4. The zero-order valence-electron chi connectivity index (χ0n) is 12.8. The highest BCUT2D eigenvalue weighted by atomic mass is 16.5. The number of aryl methyl sites for hydroxylation is 1. The Morgan fingerprint density at radius 1 is 1.16 bits per heavy atom. The van der Waals surface area contributed by atoms with Gasteiger partial charge in [-0.2, -0.15) is 0 Å². The molecule has 0 N–H and O–H groups in total. The zero-order valence-corrected chi connectivity index (χ0v) is 12.8. The van der Waals surface area contributed by atoms with Crippen molar-refractivity contribution >= 4 is 5.96 Å². The number of aliphatic imine (C=N–C) groups is 1. The van der Waals surface area contributed by atoms with Crippen molar-refractivity contribution in [3.8, 4) is 5.75 Å². The van der Waals surface area contributed by atoms with Crippen LogP contribution in [0.1, 0.15) is 12.5 Å². The third kappa shape index (κ3) is 4.81. The quantitative estimate of drug-likeness (QED) is 0.616. The molecule has 0 saturated carbocycles. The number of nitrogens with zero attached hydrogens (tertiary/aromatic N) is 3. The van der Waals surface area contributed by atoms with Crippen LogP contribution < -0.4 is 4.74 Å². The maximum Gasteiger partial charge on any atom is 0.195 e. The standard InChI is InChI=1S/C15H25N3O/c1-12-9-7-8-10-14(12)19-13(2)11-16-15(17(3)4)18(5)6/h7-10,13H,11H2,1-6H3. The summed E-state index contributed by atoms with van der Waals surface area (Å²) < 4.78 is 5.91. The van der Waals surface area contributed by atoms with Crippen molar-refractivity contribution in [2.45, 2.75) is 20.0 Å². The molecule has 1 aromatic carbocycles. The lowest BCUT2D eigenvalue weighted by molar-refractivity contribution is 0.228. The fourth-order valence-electron chi connectivity index (χ4n) is 1.84. The van der Waals surface area contributed by atoms with Gasteiger partial charge < -0.3 is 14.5 Å². The van der Waals surface area contributed by atoms with Crippen LogP contribution in [0.5, 0.6) is 5.75 Å². The highest BCUT2D eigenvalue weighted by molar-refractivity contribution is 5.79. The second kappa shape index (κ2) is 7.02. The number of benzene rings is 1. The van der Waals surface area contributed by atoms with Crippen molar-refractivity contribution in [2.75, 3.05) is 34.7 Å². The summed E-state index contributed by atoms with van der Waals surface area (Å²) in [6.07, 6.45) is 0.0519. The molecule has 0 aromatic heterocycles. The van der Waals surface area contributed by atoms with Gasteiger partial charge in [0.15, 0.2) is 5.96 Å². The van der Waals surface area contributed by atoms with E-state index in [2.05, 4.69) is 18.0 Å². The van der Waals surface area contributed by atoms with E-state index < -0.39 is 0 Å². The molecule has 0 aliphatic heterocycles. The molecule has 0 aliphatic rings. The van der Waals surface area contributed by atoms with E-state index >= 15 is 0 Å². The molecule has 0 bridgehead atoms. The van der Waals surface area contributed by atoms with Gasteiger partial charge in [0.05, 0.1) is 6.54 Å². The summed E-state index contributed by atoms with van der Waals surface area (Å²) in [5, 5.41) is 0. The highest BCUT2D eigenvalue weighted by Gasteiger charge is 2.08. The van der Waals surface area contributed by atoms with Crippen LogP contribution in [-0.2, 0) is 0 Å². The first-order valence-electron chi connectivity index (χ1n) is 6.53. The van der Waals surface area contributed by atoms with Gasteiger partial charge in [0.1, 0.15) is 11.9 Å². The topological polar surface area (TPSA) is 28.1 Å². The number of guanidine groups is 1. The van der Waals surface area contributed by atoms with Gasteiger partial charge in [0.25, 0.3) is 0 Å². The first kappa shape index (κ1) is 15.3. The van der Waals surface area contributed by atoms with Gasteiger partial charge in [-0.25, -0.2) is 4.99 Å². The van der Waals surface area contributed by atoms with Gasteiger partial charge in [-0.1, -0.05) is 18.2 Å². The summed E-state index contributed by atoms with van der Waals surface area (Å²) in [6, 6.07) is 8.05. The molecule has 0 spiro atoms. The number of hydrogen-bond donors (Lipinski definition) is 0. The van der Waals surface area contributed by atoms with Gasteiger partial charge in [0, 0.05) is 28.2 Å². The lowest BCUT2D eigenvalue weighted by Crippen LogP contribution is -2.36.